The second-order valence-corrected chi connectivity index (χ2v) is 12.0. The van der Waals surface area contributed by atoms with E-state index in [1.165, 1.54) is 10.4 Å². The second kappa shape index (κ2) is 8.92. The Morgan fingerprint density at radius 2 is 1.61 bits per heavy atom. The van der Waals surface area contributed by atoms with Crippen molar-refractivity contribution >= 4 is 26.0 Å². The van der Waals surface area contributed by atoms with Crippen LogP contribution in [0.5, 0.6) is 0 Å². The largest absolute Gasteiger partial charge is 0.350 e. The predicted molar refractivity (Wildman–Crippen MR) is 125 cm³/mol. The molecule has 1 aromatic carbocycles. The summed E-state index contributed by atoms with van der Waals surface area (Å²) in [6, 6.07) is 5.85. The topological polar surface area (TPSA) is 95.1 Å². The number of rotatable bonds is 7. The van der Waals surface area contributed by atoms with Gasteiger partial charge in [-0.1, -0.05) is 37.6 Å². The van der Waals surface area contributed by atoms with Gasteiger partial charge in [0, 0.05) is 25.5 Å². The van der Waals surface area contributed by atoms with Crippen molar-refractivity contribution in [2.24, 2.45) is 5.92 Å². The number of hydrogen-bond donors (Lipinski definition) is 0. The zero-order chi connectivity index (χ0) is 23.8. The van der Waals surface area contributed by atoms with Gasteiger partial charge in [0.15, 0.2) is 0 Å². The first kappa shape index (κ1) is 23.5. The molecule has 2 atom stereocenters. The Hall–Kier alpha value is -2.69. The molecule has 1 fully saturated rings. The molecule has 10 heteroatoms. The maximum atomic E-state index is 13.5. The van der Waals surface area contributed by atoms with Crippen molar-refractivity contribution in [1.29, 1.82) is 0 Å². The Balaban J connectivity index is 1.59. The fourth-order valence-corrected chi connectivity index (χ4v) is 7.10. The SMILES string of the molecule is CCC[C@H]1C(=O)N(S(C)(=O)=O)C2=CCN(S(=O)(=O)c3ccc(CN4C=CC=CC=C4)cc3)[C@@H]21. The zero-order valence-electron chi connectivity index (χ0n) is 18.5. The van der Waals surface area contributed by atoms with Crippen molar-refractivity contribution in [3.05, 3.63) is 78.3 Å². The summed E-state index contributed by atoms with van der Waals surface area (Å²) in [6.45, 7) is 2.50. The van der Waals surface area contributed by atoms with Crippen LogP contribution in [-0.4, -0.2) is 55.1 Å². The van der Waals surface area contributed by atoms with E-state index in [2.05, 4.69) is 0 Å². The van der Waals surface area contributed by atoms with Crippen molar-refractivity contribution in [1.82, 2.24) is 13.5 Å². The molecule has 3 aliphatic rings. The van der Waals surface area contributed by atoms with E-state index in [-0.39, 0.29) is 17.1 Å². The molecule has 0 bridgehead atoms. The lowest BCUT2D eigenvalue weighted by atomic mass is 9.97. The average Bonchev–Trinajstić information content (AvgIpc) is 3.16. The lowest BCUT2D eigenvalue weighted by Crippen LogP contribution is -2.41. The zero-order valence-corrected chi connectivity index (χ0v) is 20.2. The second-order valence-electron chi connectivity index (χ2n) is 8.29. The molecule has 3 heterocycles. The van der Waals surface area contributed by atoms with E-state index in [0.29, 0.717) is 19.4 Å². The van der Waals surface area contributed by atoms with E-state index >= 15 is 0 Å². The van der Waals surface area contributed by atoms with E-state index < -0.39 is 37.9 Å². The minimum Gasteiger partial charge on any atom is -0.350 e. The Morgan fingerprint density at radius 3 is 2.18 bits per heavy atom. The minimum atomic E-state index is -3.94. The van der Waals surface area contributed by atoms with Gasteiger partial charge in [0.05, 0.1) is 28.8 Å². The van der Waals surface area contributed by atoms with Crippen LogP contribution >= 0.6 is 0 Å². The Morgan fingerprint density at radius 1 is 0.970 bits per heavy atom. The maximum Gasteiger partial charge on any atom is 0.245 e. The highest BCUT2D eigenvalue weighted by Gasteiger charge is 2.55. The summed E-state index contributed by atoms with van der Waals surface area (Å²) < 4.78 is 53.6. The number of amides is 1. The van der Waals surface area contributed by atoms with Crippen LogP contribution < -0.4 is 0 Å². The summed E-state index contributed by atoms with van der Waals surface area (Å²) in [5, 5.41) is 0. The van der Waals surface area contributed by atoms with Gasteiger partial charge in [0.2, 0.25) is 26.0 Å². The van der Waals surface area contributed by atoms with E-state index in [1.807, 2.05) is 48.5 Å². The highest BCUT2D eigenvalue weighted by atomic mass is 32.2. The molecule has 0 saturated carbocycles. The maximum absolute atomic E-state index is 13.5. The number of carbonyl (C=O) groups excluding carboxylic acids is 1. The molecule has 8 nitrogen and oxygen atoms in total. The first-order valence-corrected chi connectivity index (χ1v) is 14.1. The summed E-state index contributed by atoms with van der Waals surface area (Å²) in [5.74, 6) is -1.28. The lowest BCUT2D eigenvalue weighted by molar-refractivity contribution is -0.127. The smallest absolute Gasteiger partial charge is 0.245 e. The van der Waals surface area contributed by atoms with Crippen molar-refractivity contribution in [3.8, 4) is 0 Å². The van der Waals surface area contributed by atoms with Crippen molar-refractivity contribution in [2.75, 3.05) is 12.8 Å². The monoisotopic (exact) mass is 489 g/mol. The number of carbonyl (C=O) groups is 1. The number of nitrogens with zero attached hydrogens (tertiary/aromatic N) is 3. The van der Waals surface area contributed by atoms with Gasteiger partial charge < -0.3 is 4.90 Å². The van der Waals surface area contributed by atoms with Gasteiger partial charge in [-0.3, -0.25) is 4.79 Å². The fraction of sp³-hybridized carbons (Fsp3) is 0.348. The molecular formula is C23H27N3O5S2. The van der Waals surface area contributed by atoms with E-state index in [0.717, 1.165) is 16.1 Å². The van der Waals surface area contributed by atoms with Gasteiger partial charge in [-0.05, 0) is 42.3 Å². The van der Waals surface area contributed by atoms with E-state index in [9.17, 15) is 21.6 Å². The van der Waals surface area contributed by atoms with Gasteiger partial charge in [-0.15, -0.1) is 0 Å². The molecule has 0 aliphatic carbocycles. The standard InChI is InChI=1S/C23H27N3O5S2/c1-3-8-20-22-21(26(23(20)27)32(2,28)29)13-16-25(22)33(30,31)19-11-9-18(10-12-19)17-24-14-6-4-5-7-15-24/h4-7,9-15,20,22H,3,8,16-17H2,1-2H3/t20-,22-/m1/s1. The molecule has 0 spiro atoms. The quantitative estimate of drug-likeness (QED) is 0.584. The van der Waals surface area contributed by atoms with Gasteiger partial charge in [0.25, 0.3) is 0 Å². The molecule has 0 N–H and O–H groups in total. The Bertz CT molecular complexity index is 1250. The lowest BCUT2D eigenvalue weighted by Gasteiger charge is -2.26. The molecule has 0 unspecified atom stereocenters. The summed E-state index contributed by atoms with van der Waals surface area (Å²) in [5.41, 5.74) is 1.18. The molecule has 0 aromatic heterocycles. The first-order valence-electron chi connectivity index (χ1n) is 10.8. The Labute approximate surface area is 195 Å². The van der Waals surface area contributed by atoms with Crippen molar-refractivity contribution in [3.63, 3.8) is 0 Å². The third-order valence-corrected chi connectivity index (χ3v) is 8.86. The molecule has 0 radical (unpaired) electrons. The summed E-state index contributed by atoms with van der Waals surface area (Å²) in [4.78, 5) is 15.0. The number of fused-ring (bicyclic) bond motifs is 1. The van der Waals surface area contributed by atoms with Crippen LogP contribution in [0.15, 0.2) is 77.6 Å². The number of benzene rings is 1. The summed E-state index contributed by atoms with van der Waals surface area (Å²) >= 11 is 0. The van der Waals surface area contributed by atoms with Crippen LogP contribution in [0, 0.1) is 5.92 Å². The molecule has 3 aliphatic heterocycles. The fourth-order valence-electron chi connectivity index (χ4n) is 4.50. The van der Waals surface area contributed by atoms with Gasteiger partial charge in [0.1, 0.15) is 0 Å². The highest BCUT2D eigenvalue weighted by Crippen LogP contribution is 2.42. The van der Waals surface area contributed by atoms with Crippen LogP contribution in [-0.2, 0) is 31.4 Å². The number of allylic oxidation sites excluding steroid dienone is 4. The van der Waals surface area contributed by atoms with E-state index in [4.69, 9.17) is 0 Å². The van der Waals surface area contributed by atoms with Gasteiger partial charge in [-0.25, -0.2) is 21.1 Å². The Kier molecular flexibility index (Phi) is 6.35. The third-order valence-electron chi connectivity index (χ3n) is 5.94. The van der Waals surface area contributed by atoms with Gasteiger partial charge >= 0.3 is 0 Å². The predicted octanol–water partition coefficient (Wildman–Crippen LogP) is 2.56. The normalized spacial score (nSPS) is 23.2. The van der Waals surface area contributed by atoms with E-state index in [1.54, 1.807) is 24.3 Å². The van der Waals surface area contributed by atoms with Crippen LogP contribution in [0.3, 0.4) is 0 Å². The third kappa shape index (κ3) is 4.42. The average molecular weight is 490 g/mol. The number of sulfonamides is 2. The van der Waals surface area contributed by atoms with Gasteiger partial charge in [-0.2, -0.15) is 4.31 Å². The molecule has 1 aromatic rings. The highest BCUT2D eigenvalue weighted by molar-refractivity contribution is 7.89. The summed E-state index contributed by atoms with van der Waals surface area (Å²) in [6.07, 6.45) is 15.1. The molecule has 4 rings (SSSR count). The van der Waals surface area contributed by atoms with Crippen LogP contribution in [0.2, 0.25) is 0 Å². The molecule has 1 amide bonds. The molecule has 33 heavy (non-hydrogen) atoms. The van der Waals surface area contributed by atoms with Crippen molar-refractivity contribution in [2.45, 2.75) is 37.2 Å². The number of hydrogen-bond acceptors (Lipinski definition) is 6. The molecular weight excluding hydrogens is 462 g/mol. The van der Waals surface area contributed by atoms with Crippen LogP contribution in [0.4, 0.5) is 0 Å². The van der Waals surface area contributed by atoms with Crippen molar-refractivity contribution < 1.29 is 21.6 Å². The summed E-state index contributed by atoms with van der Waals surface area (Å²) in [7, 11) is -7.78. The van der Waals surface area contributed by atoms with Crippen LogP contribution in [0.1, 0.15) is 25.3 Å². The first-order chi connectivity index (χ1) is 15.6. The molecule has 1 saturated heterocycles. The van der Waals surface area contributed by atoms with Crippen LogP contribution in [0.25, 0.3) is 0 Å². The minimum absolute atomic E-state index is 0.0277. The molecule has 176 valence electrons.